The van der Waals surface area contributed by atoms with E-state index in [1.54, 1.807) is 0 Å². The van der Waals surface area contributed by atoms with Gasteiger partial charge in [0.05, 0.1) is 17.6 Å². The maximum Gasteiger partial charge on any atom is 0.161 e. The largest absolute Gasteiger partial charge is 0.456 e. The lowest BCUT2D eigenvalue weighted by molar-refractivity contribution is 0.669. The Morgan fingerprint density at radius 2 is 1.16 bits per heavy atom. The summed E-state index contributed by atoms with van der Waals surface area (Å²) in [5.74, 6) is 1.07. The van der Waals surface area contributed by atoms with E-state index in [-0.39, 0.29) is 0 Å². The van der Waals surface area contributed by atoms with E-state index in [0.29, 0.717) is 18.2 Å². The first-order valence-corrected chi connectivity index (χ1v) is 19.5. The molecule has 0 unspecified atom stereocenters. The summed E-state index contributed by atoms with van der Waals surface area (Å²) < 4.78 is 8.48. The molecule has 0 saturated heterocycles. The Bertz CT molecular complexity index is 3190. The average molecular weight is 747 g/mol. The molecule has 0 spiro atoms. The number of rotatable bonds is 8. The lowest BCUT2D eigenvalue weighted by Crippen LogP contribution is -2.09. The van der Waals surface area contributed by atoms with Gasteiger partial charge in [-0.05, 0) is 83.4 Å². The number of hydrogen-bond acceptors (Lipinski definition) is 2. The third kappa shape index (κ3) is 6.39. The summed E-state index contributed by atoms with van der Waals surface area (Å²) in [5.41, 5.74) is 12.4. The predicted octanol–water partition coefficient (Wildman–Crippen LogP) is 13.0. The van der Waals surface area contributed by atoms with Crippen LogP contribution in [0.2, 0.25) is 0 Å². The third-order valence-corrected chi connectivity index (χ3v) is 10.9. The van der Waals surface area contributed by atoms with E-state index in [1.165, 1.54) is 11.1 Å². The molecule has 0 fully saturated rings. The number of benzene rings is 8. The van der Waals surface area contributed by atoms with Crippen LogP contribution in [0.1, 0.15) is 27.8 Å². The summed E-state index contributed by atoms with van der Waals surface area (Å²) >= 11 is 0. The van der Waals surface area contributed by atoms with Crippen molar-refractivity contribution in [1.29, 1.82) is 0 Å². The molecular formula is C53H38N4O. The fourth-order valence-electron chi connectivity index (χ4n) is 8.21. The number of aromatic nitrogens is 1. The van der Waals surface area contributed by atoms with Gasteiger partial charge >= 0.3 is 0 Å². The highest BCUT2D eigenvalue weighted by Crippen LogP contribution is 2.36. The average Bonchev–Trinajstić information content (AvgIpc) is 3.83. The summed E-state index contributed by atoms with van der Waals surface area (Å²) in [6.07, 6.45) is 0.800. The zero-order valence-electron chi connectivity index (χ0n) is 31.8. The molecule has 0 aliphatic rings. The standard InChI is InChI=1S/C53H38N4O/c1-54-52(45-26-11-10-23-41(45)40-22-9-8-19-38(40)33-36-17-4-2-5-18-36)56-53(55-35-37-31-32-50-47(34-37)43-25-13-15-30-49(43)58-50)46-28-16-27-44-42-24-12-14-29-48(42)57(51(44)46)39-20-6-3-7-21-39/h2-32,34H,1,33,35H2/b55-53-,56-52-. The van der Waals surface area contributed by atoms with Crippen LogP contribution in [-0.2, 0) is 13.0 Å². The van der Waals surface area contributed by atoms with Crippen molar-refractivity contribution < 1.29 is 4.42 Å². The molecule has 58 heavy (non-hydrogen) atoms. The Balaban J connectivity index is 1.18. The highest BCUT2D eigenvalue weighted by molar-refractivity contribution is 6.21. The minimum atomic E-state index is 0.391. The van der Waals surface area contributed by atoms with E-state index < -0.39 is 0 Å². The van der Waals surface area contributed by atoms with Gasteiger partial charge in [0.25, 0.3) is 0 Å². The van der Waals surface area contributed by atoms with Crippen LogP contribution in [-0.4, -0.2) is 23.0 Å². The molecule has 0 aliphatic carbocycles. The van der Waals surface area contributed by atoms with E-state index in [1.807, 2.05) is 36.4 Å². The molecule has 0 aliphatic heterocycles. The molecule has 2 heterocycles. The fraction of sp³-hybridized carbons (Fsp3) is 0.0377. The number of amidine groups is 2. The van der Waals surface area contributed by atoms with Crippen molar-refractivity contribution in [2.24, 2.45) is 15.0 Å². The zero-order chi connectivity index (χ0) is 38.8. The minimum absolute atomic E-state index is 0.391. The van der Waals surface area contributed by atoms with Crippen molar-refractivity contribution >= 4 is 62.1 Å². The van der Waals surface area contributed by atoms with Crippen LogP contribution in [0.3, 0.4) is 0 Å². The highest BCUT2D eigenvalue weighted by Gasteiger charge is 2.20. The Labute approximate surface area is 336 Å². The maximum atomic E-state index is 6.16. The lowest BCUT2D eigenvalue weighted by Gasteiger charge is -2.15. The van der Waals surface area contributed by atoms with Crippen LogP contribution in [0, 0.1) is 0 Å². The Morgan fingerprint density at radius 3 is 2.00 bits per heavy atom. The summed E-state index contributed by atoms with van der Waals surface area (Å²) in [4.78, 5) is 15.4. The zero-order valence-corrected chi connectivity index (χ0v) is 31.8. The normalized spacial score (nSPS) is 12.2. The molecule has 2 aromatic heterocycles. The summed E-state index contributed by atoms with van der Waals surface area (Å²) in [6.45, 7) is 4.49. The van der Waals surface area contributed by atoms with Crippen LogP contribution in [0.15, 0.2) is 214 Å². The molecule has 5 nitrogen and oxygen atoms in total. The second-order valence-corrected chi connectivity index (χ2v) is 14.4. The molecule has 0 radical (unpaired) electrons. The van der Waals surface area contributed by atoms with E-state index >= 15 is 0 Å². The van der Waals surface area contributed by atoms with Gasteiger partial charge in [-0.15, -0.1) is 0 Å². The van der Waals surface area contributed by atoms with Gasteiger partial charge in [0.2, 0.25) is 0 Å². The number of para-hydroxylation sites is 4. The predicted molar refractivity (Wildman–Crippen MR) is 242 cm³/mol. The van der Waals surface area contributed by atoms with Crippen molar-refractivity contribution in [2.75, 3.05) is 0 Å². The third-order valence-electron chi connectivity index (χ3n) is 10.9. The summed E-state index contributed by atoms with van der Waals surface area (Å²) in [6, 6.07) is 67.4. The summed E-state index contributed by atoms with van der Waals surface area (Å²) in [7, 11) is 0. The second kappa shape index (κ2) is 15.1. The first-order valence-electron chi connectivity index (χ1n) is 19.5. The molecule has 0 atom stereocenters. The van der Waals surface area contributed by atoms with Gasteiger partial charge in [-0.2, -0.15) is 0 Å². The molecule has 5 heteroatoms. The molecule has 0 saturated carbocycles. The van der Waals surface area contributed by atoms with Gasteiger partial charge in [-0.3, -0.25) is 4.99 Å². The Kier molecular flexibility index (Phi) is 9.09. The number of fused-ring (bicyclic) bond motifs is 6. The fourth-order valence-corrected chi connectivity index (χ4v) is 8.21. The van der Waals surface area contributed by atoms with Crippen LogP contribution < -0.4 is 0 Å². The minimum Gasteiger partial charge on any atom is -0.456 e. The van der Waals surface area contributed by atoms with Gasteiger partial charge in [-0.25, -0.2) is 9.98 Å². The monoisotopic (exact) mass is 746 g/mol. The van der Waals surface area contributed by atoms with E-state index in [4.69, 9.17) is 14.4 Å². The van der Waals surface area contributed by atoms with E-state index in [0.717, 1.165) is 83.7 Å². The van der Waals surface area contributed by atoms with Crippen LogP contribution >= 0.6 is 0 Å². The molecule has 276 valence electrons. The van der Waals surface area contributed by atoms with Gasteiger partial charge in [0, 0.05) is 38.4 Å². The van der Waals surface area contributed by atoms with Crippen LogP contribution in [0.5, 0.6) is 0 Å². The Hall–Kier alpha value is -7.63. The SMILES string of the molecule is C=N/C(=N\C(=N/Cc1ccc2oc3ccccc3c2c1)c1cccc2c3ccccc3n(-c3ccccc3)c12)c1ccccc1-c1ccccc1Cc1ccccc1. The van der Waals surface area contributed by atoms with E-state index in [2.05, 4.69) is 174 Å². The lowest BCUT2D eigenvalue weighted by atomic mass is 9.92. The van der Waals surface area contributed by atoms with Crippen LogP contribution in [0.4, 0.5) is 0 Å². The quantitative estimate of drug-likeness (QED) is 0.113. The highest BCUT2D eigenvalue weighted by atomic mass is 16.3. The Morgan fingerprint density at radius 1 is 0.500 bits per heavy atom. The molecule has 8 aromatic carbocycles. The van der Waals surface area contributed by atoms with Crippen molar-refractivity contribution in [3.8, 4) is 16.8 Å². The molecule has 0 N–H and O–H groups in total. The maximum absolute atomic E-state index is 6.16. The molecule has 0 bridgehead atoms. The first kappa shape index (κ1) is 34.8. The number of furan rings is 1. The van der Waals surface area contributed by atoms with Crippen molar-refractivity contribution in [2.45, 2.75) is 13.0 Å². The van der Waals surface area contributed by atoms with Crippen molar-refractivity contribution in [3.05, 3.63) is 222 Å². The smallest absolute Gasteiger partial charge is 0.161 e. The second-order valence-electron chi connectivity index (χ2n) is 14.4. The van der Waals surface area contributed by atoms with Crippen molar-refractivity contribution in [3.63, 3.8) is 0 Å². The van der Waals surface area contributed by atoms with Gasteiger partial charge in [-0.1, -0.05) is 152 Å². The number of aliphatic imine (C=N–C) groups is 3. The molecule has 10 rings (SSSR count). The molecular weight excluding hydrogens is 709 g/mol. The van der Waals surface area contributed by atoms with Gasteiger partial charge < -0.3 is 8.98 Å². The van der Waals surface area contributed by atoms with Crippen LogP contribution in [0.25, 0.3) is 60.6 Å². The van der Waals surface area contributed by atoms with E-state index in [9.17, 15) is 0 Å². The van der Waals surface area contributed by atoms with Crippen molar-refractivity contribution in [1.82, 2.24) is 4.57 Å². The topological polar surface area (TPSA) is 55.1 Å². The molecule has 0 amide bonds. The number of nitrogens with zero attached hydrogens (tertiary/aromatic N) is 4. The summed E-state index contributed by atoms with van der Waals surface area (Å²) in [5, 5.41) is 4.43. The first-order chi connectivity index (χ1) is 28.7. The van der Waals surface area contributed by atoms with Gasteiger partial charge in [0.1, 0.15) is 11.2 Å². The molecule has 10 aromatic rings. The van der Waals surface area contributed by atoms with Gasteiger partial charge in [0.15, 0.2) is 11.7 Å². The number of hydrogen-bond donors (Lipinski definition) is 0.